The first-order valence-electron chi connectivity index (χ1n) is 8.90. The third kappa shape index (κ3) is 4.75. The molecular formula is C21H21FN2O4. The second kappa shape index (κ2) is 9.14. The Balaban J connectivity index is 1.81. The van der Waals surface area contributed by atoms with Gasteiger partial charge in [-0.3, -0.25) is 14.5 Å². The molecule has 0 aromatic heterocycles. The molecule has 6 nitrogen and oxygen atoms in total. The van der Waals surface area contributed by atoms with Gasteiger partial charge < -0.3 is 14.8 Å². The summed E-state index contributed by atoms with van der Waals surface area (Å²) in [6.07, 6.45) is 2.22. The van der Waals surface area contributed by atoms with Crippen molar-refractivity contribution in [2.24, 2.45) is 0 Å². The van der Waals surface area contributed by atoms with Gasteiger partial charge in [0.2, 0.25) is 5.91 Å². The number of anilines is 1. The number of nitrogens with one attached hydrogen (secondary N) is 1. The lowest BCUT2D eigenvalue weighted by molar-refractivity contribution is -0.123. The average Bonchev–Trinajstić information content (AvgIpc) is 2.70. The molecule has 28 heavy (non-hydrogen) atoms. The van der Waals surface area contributed by atoms with E-state index >= 15 is 0 Å². The zero-order valence-corrected chi connectivity index (χ0v) is 15.5. The van der Waals surface area contributed by atoms with Gasteiger partial charge in [-0.25, -0.2) is 4.39 Å². The molecule has 0 saturated heterocycles. The first kappa shape index (κ1) is 19.6. The molecule has 0 saturated carbocycles. The van der Waals surface area contributed by atoms with Gasteiger partial charge >= 0.3 is 0 Å². The predicted molar refractivity (Wildman–Crippen MR) is 103 cm³/mol. The van der Waals surface area contributed by atoms with E-state index in [1.54, 1.807) is 43.5 Å². The van der Waals surface area contributed by atoms with Crippen molar-refractivity contribution in [2.75, 3.05) is 31.7 Å². The number of amides is 2. The molecule has 0 aliphatic carbocycles. The Morgan fingerprint density at radius 2 is 1.96 bits per heavy atom. The van der Waals surface area contributed by atoms with Gasteiger partial charge in [-0.15, -0.1) is 0 Å². The van der Waals surface area contributed by atoms with Crippen molar-refractivity contribution in [3.63, 3.8) is 0 Å². The second-order valence-electron chi connectivity index (χ2n) is 6.22. The molecule has 1 heterocycles. The van der Waals surface area contributed by atoms with E-state index in [1.165, 1.54) is 23.1 Å². The number of carbonyl (C=O) groups excluding carboxylic acids is 2. The fraction of sp³-hybridized carbons (Fsp3) is 0.238. The number of benzene rings is 2. The van der Waals surface area contributed by atoms with Crippen LogP contribution < -0.4 is 15.0 Å². The van der Waals surface area contributed by atoms with Gasteiger partial charge in [0.1, 0.15) is 12.4 Å². The van der Waals surface area contributed by atoms with Crippen molar-refractivity contribution in [3.8, 4) is 5.75 Å². The third-order valence-electron chi connectivity index (χ3n) is 4.15. The van der Waals surface area contributed by atoms with E-state index in [-0.39, 0.29) is 24.0 Å². The molecule has 146 valence electrons. The van der Waals surface area contributed by atoms with Crippen LogP contribution in [0.5, 0.6) is 5.75 Å². The number of hydrogen-bond donors (Lipinski definition) is 1. The smallest absolute Gasteiger partial charge is 0.294 e. The summed E-state index contributed by atoms with van der Waals surface area (Å²) in [6, 6.07) is 12.7. The van der Waals surface area contributed by atoms with Crippen LogP contribution >= 0.6 is 0 Å². The van der Waals surface area contributed by atoms with Gasteiger partial charge in [0.05, 0.1) is 5.69 Å². The van der Waals surface area contributed by atoms with Crippen LogP contribution in [0.1, 0.15) is 12.0 Å². The summed E-state index contributed by atoms with van der Waals surface area (Å²) >= 11 is 0. The number of carbonyl (C=O) groups is 2. The molecule has 1 aliphatic heterocycles. The minimum absolute atomic E-state index is 0.0671. The van der Waals surface area contributed by atoms with Gasteiger partial charge in [0, 0.05) is 20.3 Å². The lowest BCUT2D eigenvalue weighted by Crippen LogP contribution is -2.44. The summed E-state index contributed by atoms with van der Waals surface area (Å²) in [7, 11) is 1.60. The lowest BCUT2D eigenvalue weighted by Gasteiger charge is -2.30. The molecule has 0 spiro atoms. The Morgan fingerprint density at radius 1 is 1.21 bits per heavy atom. The van der Waals surface area contributed by atoms with E-state index in [9.17, 15) is 14.0 Å². The summed E-state index contributed by atoms with van der Waals surface area (Å²) < 4.78 is 23.8. The average molecular weight is 384 g/mol. The maximum atomic E-state index is 13.1. The quantitative estimate of drug-likeness (QED) is 0.589. The van der Waals surface area contributed by atoms with Crippen LogP contribution in [-0.4, -0.2) is 38.6 Å². The van der Waals surface area contributed by atoms with Crippen LogP contribution in [-0.2, 0) is 14.3 Å². The first-order chi connectivity index (χ1) is 13.6. The third-order valence-corrected chi connectivity index (χ3v) is 4.15. The molecule has 3 rings (SSSR count). The van der Waals surface area contributed by atoms with Crippen molar-refractivity contribution in [2.45, 2.75) is 6.42 Å². The van der Waals surface area contributed by atoms with Gasteiger partial charge in [-0.2, -0.15) is 0 Å². The highest BCUT2D eigenvalue weighted by Gasteiger charge is 2.31. The number of methoxy groups -OCH3 is 1. The maximum absolute atomic E-state index is 13.1. The van der Waals surface area contributed by atoms with Crippen molar-refractivity contribution in [1.29, 1.82) is 0 Å². The van der Waals surface area contributed by atoms with E-state index in [4.69, 9.17) is 9.47 Å². The van der Waals surface area contributed by atoms with E-state index in [2.05, 4.69) is 5.32 Å². The summed E-state index contributed by atoms with van der Waals surface area (Å²) in [6.45, 7) is 0.877. The van der Waals surface area contributed by atoms with Crippen molar-refractivity contribution in [1.82, 2.24) is 5.32 Å². The number of rotatable bonds is 7. The number of para-hydroxylation sites is 2. The van der Waals surface area contributed by atoms with Crippen molar-refractivity contribution >= 4 is 23.6 Å². The Kier molecular flexibility index (Phi) is 6.39. The number of halogens is 1. The molecular weight excluding hydrogens is 363 g/mol. The fourth-order valence-corrected chi connectivity index (χ4v) is 2.77. The van der Waals surface area contributed by atoms with Gasteiger partial charge in [-0.05, 0) is 42.3 Å². The van der Waals surface area contributed by atoms with Crippen LogP contribution in [0.2, 0.25) is 0 Å². The Hall–Kier alpha value is -3.19. The standard InChI is InChI=1S/C21H21FN2O4/c1-27-12-4-11-23-20(25)14-24-17-5-2-3-6-18(17)28-19(21(24)26)13-15-7-9-16(22)10-8-15/h2-3,5-10,13H,4,11-12,14H2,1H3,(H,23,25)/b19-13+. The highest BCUT2D eigenvalue weighted by Crippen LogP contribution is 2.35. The summed E-state index contributed by atoms with van der Waals surface area (Å²) in [5, 5.41) is 2.77. The molecule has 2 aromatic carbocycles. The predicted octanol–water partition coefficient (Wildman–Crippen LogP) is 2.74. The van der Waals surface area contributed by atoms with Crippen LogP contribution in [0.15, 0.2) is 54.3 Å². The van der Waals surface area contributed by atoms with E-state index in [0.717, 1.165) is 0 Å². The largest absolute Gasteiger partial charge is 0.449 e. The van der Waals surface area contributed by atoms with Gasteiger partial charge in [0.15, 0.2) is 11.5 Å². The molecule has 0 radical (unpaired) electrons. The van der Waals surface area contributed by atoms with E-state index < -0.39 is 5.91 Å². The van der Waals surface area contributed by atoms with Crippen molar-refractivity contribution < 1.29 is 23.5 Å². The summed E-state index contributed by atoms with van der Waals surface area (Å²) in [4.78, 5) is 26.6. The number of fused-ring (bicyclic) bond motifs is 1. The maximum Gasteiger partial charge on any atom is 0.294 e. The van der Waals surface area contributed by atoms with Crippen LogP contribution in [0.4, 0.5) is 10.1 Å². The van der Waals surface area contributed by atoms with Crippen molar-refractivity contribution in [3.05, 3.63) is 65.7 Å². The highest BCUT2D eigenvalue weighted by atomic mass is 19.1. The number of ether oxygens (including phenoxy) is 2. The zero-order valence-electron chi connectivity index (χ0n) is 15.5. The summed E-state index contributed by atoms with van der Waals surface area (Å²) in [5.74, 6) is -0.535. The van der Waals surface area contributed by atoms with E-state index in [1.807, 2.05) is 0 Å². The molecule has 0 unspecified atom stereocenters. The molecule has 0 bridgehead atoms. The topological polar surface area (TPSA) is 67.9 Å². The molecule has 1 aliphatic rings. The van der Waals surface area contributed by atoms with Gasteiger partial charge in [0.25, 0.3) is 5.91 Å². The van der Waals surface area contributed by atoms with Crippen LogP contribution in [0.3, 0.4) is 0 Å². The minimum atomic E-state index is -0.435. The lowest BCUT2D eigenvalue weighted by atomic mass is 10.1. The molecule has 2 amide bonds. The molecule has 0 atom stereocenters. The first-order valence-corrected chi connectivity index (χ1v) is 8.90. The van der Waals surface area contributed by atoms with Crippen LogP contribution in [0.25, 0.3) is 6.08 Å². The highest BCUT2D eigenvalue weighted by molar-refractivity contribution is 6.12. The Labute approximate surface area is 162 Å². The van der Waals surface area contributed by atoms with Crippen LogP contribution in [0, 0.1) is 5.82 Å². The molecule has 2 aromatic rings. The van der Waals surface area contributed by atoms with Gasteiger partial charge in [-0.1, -0.05) is 24.3 Å². The Morgan fingerprint density at radius 3 is 2.71 bits per heavy atom. The zero-order chi connectivity index (χ0) is 19.9. The SMILES string of the molecule is COCCCNC(=O)CN1C(=O)/C(=C\c2ccc(F)cc2)Oc2ccccc21. The second-order valence-corrected chi connectivity index (χ2v) is 6.22. The minimum Gasteiger partial charge on any atom is -0.449 e. The number of hydrogen-bond acceptors (Lipinski definition) is 4. The normalized spacial score (nSPS) is 14.6. The molecule has 0 fully saturated rings. The van der Waals surface area contributed by atoms with E-state index in [0.29, 0.717) is 36.6 Å². The Bertz CT molecular complexity index is 880. The summed E-state index contributed by atoms with van der Waals surface area (Å²) in [5.41, 5.74) is 1.14. The number of nitrogens with zero attached hydrogens (tertiary/aromatic N) is 1. The molecule has 7 heteroatoms. The molecule has 1 N–H and O–H groups in total. The fourth-order valence-electron chi connectivity index (χ4n) is 2.77. The monoisotopic (exact) mass is 384 g/mol.